The highest BCUT2D eigenvalue weighted by Crippen LogP contribution is 2.43. The molecule has 0 aromatic rings. The van der Waals surface area contributed by atoms with E-state index in [0.717, 1.165) is 51.4 Å². The molecule has 10 heteroatoms. The molecule has 0 bridgehead atoms. The van der Waals surface area contributed by atoms with Crippen molar-refractivity contribution in [2.45, 2.75) is 180 Å². The highest BCUT2D eigenvalue weighted by molar-refractivity contribution is 7.47. The number of phosphoric acid groups is 1. The number of rotatable bonds is 36. The van der Waals surface area contributed by atoms with Crippen molar-refractivity contribution in [3.63, 3.8) is 0 Å². The number of quaternary nitrogens is 1. The second-order valence-electron chi connectivity index (χ2n) is 14.7. The molecule has 0 heterocycles. The van der Waals surface area contributed by atoms with Gasteiger partial charge in [0.2, 0.25) is 0 Å². The molecule has 0 aromatic carbocycles. The van der Waals surface area contributed by atoms with Gasteiger partial charge in [-0.1, -0.05) is 135 Å². The summed E-state index contributed by atoms with van der Waals surface area (Å²) in [5.41, 5.74) is 0. The number of ether oxygens (including phenoxy) is 2. The maximum atomic E-state index is 12.6. The van der Waals surface area contributed by atoms with Crippen LogP contribution in [0.3, 0.4) is 0 Å². The van der Waals surface area contributed by atoms with E-state index in [4.69, 9.17) is 18.5 Å². The first-order valence-electron chi connectivity index (χ1n) is 19.9. The Kier molecular flexibility index (Phi) is 31.8. The van der Waals surface area contributed by atoms with Crippen LogP contribution in [0.2, 0.25) is 0 Å². The van der Waals surface area contributed by atoms with Crippen molar-refractivity contribution in [3.8, 4) is 0 Å². The van der Waals surface area contributed by atoms with Crippen molar-refractivity contribution in [1.82, 2.24) is 0 Å². The minimum Gasteiger partial charge on any atom is -0.462 e. The fraction of sp³-hybridized carbons (Fsp3) is 0.897. The van der Waals surface area contributed by atoms with Gasteiger partial charge in [0.1, 0.15) is 19.8 Å². The summed E-state index contributed by atoms with van der Waals surface area (Å²) in [6.07, 6.45) is 31.2. The lowest BCUT2D eigenvalue weighted by molar-refractivity contribution is -0.870. The Morgan fingerprint density at radius 2 is 1.04 bits per heavy atom. The topological polar surface area (TPSA) is 108 Å². The summed E-state index contributed by atoms with van der Waals surface area (Å²) in [5.74, 6) is -0.807. The van der Waals surface area contributed by atoms with Gasteiger partial charge in [-0.3, -0.25) is 18.6 Å². The zero-order valence-electron chi connectivity index (χ0n) is 32.4. The molecule has 2 atom stereocenters. The molecule has 0 fully saturated rings. The lowest BCUT2D eigenvalue weighted by Crippen LogP contribution is -2.37. The Hall–Kier alpha value is -1.25. The van der Waals surface area contributed by atoms with Crippen LogP contribution in [-0.4, -0.2) is 74.9 Å². The van der Waals surface area contributed by atoms with Crippen LogP contribution in [0.1, 0.15) is 174 Å². The van der Waals surface area contributed by atoms with Gasteiger partial charge in [-0.2, -0.15) is 0 Å². The minimum atomic E-state index is -4.36. The van der Waals surface area contributed by atoms with E-state index in [1.165, 1.54) is 89.9 Å². The molecule has 0 aliphatic carbocycles. The highest BCUT2D eigenvalue weighted by Gasteiger charge is 2.27. The third kappa shape index (κ3) is 36.3. The van der Waals surface area contributed by atoms with E-state index in [9.17, 15) is 19.0 Å². The van der Waals surface area contributed by atoms with E-state index in [-0.39, 0.29) is 32.0 Å². The molecule has 1 unspecified atom stereocenters. The summed E-state index contributed by atoms with van der Waals surface area (Å²) >= 11 is 0. The number of carbonyl (C=O) groups excluding carboxylic acids is 2. The highest BCUT2D eigenvalue weighted by atomic mass is 31.2. The zero-order chi connectivity index (χ0) is 36.5. The van der Waals surface area contributed by atoms with Crippen molar-refractivity contribution in [2.75, 3.05) is 47.5 Å². The average molecular weight is 719 g/mol. The van der Waals surface area contributed by atoms with Crippen molar-refractivity contribution in [3.05, 3.63) is 12.2 Å². The molecule has 0 saturated carbocycles. The number of esters is 2. The van der Waals surface area contributed by atoms with Crippen molar-refractivity contribution >= 4 is 19.8 Å². The van der Waals surface area contributed by atoms with Crippen molar-refractivity contribution in [2.24, 2.45) is 0 Å². The Balaban J connectivity index is 4.36. The quantitative estimate of drug-likeness (QED) is 0.0224. The predicted molar refractivity (Wildman–Crippen MR) is 201 cm³/mol. The van der Waals surface area contributed by atoms with Gasteiger partial charge in [-0.05, 0) is 38.5 Å². The molecule has 0 rings (SSSR count). The maximum absolute atomic E-state index is 12.6. The SMILES string of the molecule is CCCCCCCCC/C=C\CCCCCCCC(=O)OC[C@H](COP(=O)(O)OCC[N+](C)(C)C)OC(=O)CCCCCCCCCCC. The Morgan fingerprint density at radius 1 is 0.612 bits per heavy atom. The maximum Gasteiger partial charge on any atom is 0.472 e. The number of carbonyl (C=O) groups is 2. The van der Waals surface area contributed by atoms with E-state index < -0.39 is 26.5 Å². The Bertz CT molecular complexity index is 860. The number of likely N-dealkylation sites (N-methyl/N-ethyl adjacent to an activating group) is 1. The standard InChI is InChI=1S/C39H76NO8P/c1-6-8-10-12-14-16-17-18-19-20-21-22-24-25-27-29-31-38(41)45-35-37(36-47-49(43,44)46-34-33-40(3,4)5)48-39(42)32-30-28-26-23-15-13-11-9-7-2/h19-20,37H,6-18,21-36H2,1-5H3/p+1/b20-19-/t37-/m1/s1. The summed E-state index contributed by atoms with van der Waals surface area (Å²) in [7, 11) is 1.48. The van der Waals surface area contributed by atoms with Gasteiger partial charge >= 0.3 is 19.8 Å². The lowest BCUT2D eigenvalue weighted by Gasteiger charge is -2.24. The molecule has 9 nitrogen and oxygen atoms in total. The van der Waals surface area contributed by atoms with E-state index >= 15 is 0 Å². The minimum absolute atomic E-state index is 0.0331. The van der Waals surface area contributed by atoms with Crippen LogP contribution in [0.5, 0.6) is 0 Å². The van der Waals surface area contributed by atoms with E-state index in [0.29, 0.717) is 17.4 Å². The van der Waals surface area contributed by atoms with Gasteiger partial charge < -0.3 is 18.9 Å². The van der Waals surface area contributed by atoms with Gasteiger partial charge in [0.15, 0.2) is 6.10 Å². The monoisotopic (exact) mass is 719 g/mol. The third-order valence-electron chi connectivity index (χ3n) is 8.55. The molecule has 0 saturated heterocycles. The molecule has 49 heavy (non-hydrogen) atoms. The van der Waals surface area contributed by atoms with Crippen LogP contribution in [0, 0.1) is 0 Å². The molecular formula is C39H77NO8P+. The number of unbranched alkanes of at least 4 members (excludes halogenated alkanes) is 20. The van der Waals surface area contributed by atoms with Gasteiger partial charge in [0.25, 0.3) is 0 Å². The summed E-state index contributed by atoms with van der Waals surface area (Å²) in [6.45, 7) is 4.38. The fourth-order valence-electron chi connectivity index (χ4n) is 5.36. The van der Waals surface area contributed by atoms with Gasteiger partial charge in [-0.15, -0.1) is 0 Å². The van der Waals surface area contributed by atoms with Crippen LogP contribution in [0.25, 0.3) is 0 Å². The normalized spacial score (nSPS) is 13.8. The van der Waals surface area contributed by atoms with E-state index in [1.54, 1.807) is 0 Å². The second-order valence-corrected chi connectivity index (χ2v) is 16.1. The summed E-state index contributed by atoms with van der Waals surface area (Å²) in [6, 6.07) is 0. The second kappa shape index (κ2) is 32.6. The van der Waals surface area contributed by atoms with Gasteiger partial charge in [0.05, 0.1) is 27.7 Å². The Labute approximate surface area is 301 Å². The van der Waals surface area contributed by atoms with Crippen LogP contribution < -0.4 is 0 Å². The first-order chi connectivity index (χ1) is 23.5. The van der Waals surface area contributed by atoms with E-state index in [1.807, 2.05) is 21.1 Å². The Morgan fingerprint density at radius 3 is 1.51 bits per heavy atom. The largest absolute Gasteiger partial charge is 0.472 e. The number of nitrogens with zero attached hydrogens (tertiary/aromatic N) is 1. The number of hydrogen-bond donors (Lipinski definition) is 1. The molecule has 0 aromatic heterocycles. The first-order valence-corrected chi connectivity index (χ1v) is 21.4. The summed E-state index contributed by atoms with van der Waals surface area (Å²) < 4.78 is 34.1. The van der Waals surface area contributed by atoms with Crippen molar-refractivity contribution in [1.29, 1.82) is 0 Å². The van der Waals surface area contributed by atoms with Gasteiger partial charge in [-0.25, -0.2) is 4.57 Å². The molecule has 0 radical (unpaired) electrons. The first kappa shape index (κ1) is 47.8. The van der Waals surface area contributed by atoms with Crippen LogP contribution in [0.15, 0.2) is 12.2 Å². The number of allylic oxidation sites excluding steroid dienone is 2. The predicted octanol–water partition coefficient (Wildman–Crippen LogP) is 10.6. The average Bonchev–Trinajstić information content (AvgIpc) is 3.04. The molecule has 0 spiro atoms. The van der Waals surface area contributed by atoms with Crippen LogP contribution in [0.4, 0.5) is 0 Å². The molecular weight excluding hydrogens is 641 g/mol. The van der Waals surface area contributed by atoms with E-state index in [2.05, 4.69) is 26.0 Å². The van der Waals surface area contributed by atoms with Crippen LogP contribution >= 0.6 is 7.82 Å². The zero-order valence-corrected chi connectivity index (χ0v) is 33.3. The van der Waals surface area contributed by atoms with Crippen molar-refractivity contribution < 1.29 is 42.1 Å². The lowest BCUT2D eigenvalue weighted by atomic mass is 10.1. The smallest absolute Gasteiger partial charge is 0.462 e. The molecule has 290 valence electrons. The molecule has 0 aliphatic rings. The summed E-state index contributed by atoms with van der Waals surface area (Å²) in [5, 5.41) is 0. The molecule has 1 N–H and O–H groups in total. The molecule has 0 amide bonds. The van der Waals surface area contributed by atoms with Gasteiger partial charge in [0, 0.05) is 12.8 Å². The molecule has 0 aliphatic heterocycles. The fourth-order valence-corrected chi connectivity index (χ4v) is 6.10. The number of hydrogen-bond acceptors (Lipinski definition) is 7. The number of phosphoric ester groups is 1. The van der Waals surface area contributed by atoms with Crippen LogP contribution in [-0.2, 0) is 32.7 Å². The summed E-state index contributed by atoms with van der Waals surface area (Å²) in [4.78, 5) is 35.1. The third-order valence-corrected chi connectivity index (χ3v) is 9.53.